The molecule has 10 heteroatoms. The number of rotatable bonds is 58. The molecule has 10 nitrogen and oxygen atoms in total. The Kier molecular flexibility index (Phi) is 38.3. The van der Waals surface area contributed by atoms with Crippen LogP contribution in [0.4, 0.5) is 0 Å². The smallest absolute Gasteiger partial charge is 0.136 e. The van der Waals surface area contributed by atoms with Crippen molar-refractivity contribution in [3.8, 4) is 102 Å². The molecular weight excluding hydrogens is 1650 g/mol. The number of methoxy groups -OCH3 is 4. The van der Waals surface area contributed by atoms with Crippen LogP contribution in [0.1, 0.15) is 330 Å². The van der Waals surface area contributed by atoms with E-state index >= 15 is 0 Å². The number of unbranched alkanes of at least 4 members (excludes halogenated alkanes) is 32. The van der Waals surface area contributed by atoms with Crippen molar-refractivity contribution in [1.29, 1.82) is 0 Å². The van der Waals surface area contributed by atoms with Crippen LogP contribution in [0.5, 0.6) is 57.5 Å². The van der Waals surface area contributed by atoms with Crippen molar-refractivity contribution in [3.05, 3.63) is 166 Å². The van der Waals surface area contributed by atoms with Crippen molar-refractivity contribution >= 4 is 86.2 Å². The quantitative estimate of drug-likeness (QED) is 0.0208. The third-order valence-corrected chi connectivity index (χ3v) is 28.5. The number of aryl methyl sites for hydroxylation is 8. The molecule has 13 aromatic rings. The van der Waals surface area contributed by atoms with Gasteiger partial charge in [0.2, 0.25) is 0 Å². The summed E-state index contributed by atoms with van der Waals surface area (Å²) < 4.78 is 70.3. The average Bonchev–Trinajstić information content (AvgIpc) is 0.684. The fourth-order valence-electron chi connectivity index (χ4n) is 21.7. The van der Waals surface area contributed by atoms with Crippen LogP contribution in [0.2, 0.25) is 0 Å². The maximum Gasteiger partial charge on any atom is 0.136 e. The molecule has 0 unspecified atom stereocenters. The lowest BCUT2D eigenvalue weighted by molar-refractivity contribution is 0.304. The van der Waals surface area contributed by atoms with Gasteiger partial charge in [0.05, 0.1) is 68.1 Å². The minimum absolute atomic E-state index is 0.498. The topological polar surface area (TPSA) is 92.3 Å². The molecule has 0 radical (unpaired) electrons. The highest BCUT2D eigenvalue weighted by Crippen LogP contribution is 2.59. The van der Waals surface area contributed by atoms with E-state index in [1.807, 2.05) is 14.2 Å². The molecule has 134 heavy (non-hydrogen) atoms. The van der Waals surface area contributed by atoms with Crippen molar-refractivity contribution < 1.29 is 47.4 Å². The largest absolute Gasteiger partial charge is 0.496 e. The van der Waals surface area contributed by atoms with Crippen molar-refractivity contribution in [2.75, 3.05) is 68.1 Å². The molecule has 0 saturated carbocycles. The van der Waals surface area contributed by atoms with Crippen LogP contribution in [-0.2, 0) is 0 Å². The molecule has 13 aromatic carbocycles. The maximum atomic E-state index is 8.30. The van der Waals surface area contributed by atoms with E-state index in [1.165, 1.54) is 167 Å². The van der Waals surface area contributed by atoms with Gasteiger partial charge < -0.3 is 47.4 Å². The Bertz CT molecular complexity index is 5640. The minimum atomic E-state index is 0.498. The molecule has 0 atom stereocenters. The normalized spacial score (nSPS) is 11.8. The lowest BCUT2D eigenvalue weighted by Crippen LogP contribution is -2.06. The van der Waals surface area contributed by atoms with Gasteiger partial charge in [-0.2, -0.15) is 0 Å². The van der Waals surface area contributed by atoms with Crippen LogP contribution in [0.3, 0.4) is 0 Å². The van der Waals surface area contributed by atoms with Gasteiger partial charge in [-0.3, -0.25) is 0 Å². The van der Waals surface area contributed by atoms with E-state index in [1.54, 1.807) is 14.2 Å². The molecule has 0 aliphatic rings. The standard InChI is InChI=1S/C124H162O10/c1-19-25-31-37-43-49-55-65-133-123-119-101-77-91-79-103(111-83(7)67-95(68-84(111)8)129-61-51-45-39-33-27-21-3)117-109(127-17)59-57-107(125-15)115(117)99(91)75-93(101)82-106(114-89(13)73-98(74-90(114)14)132-64-54-48-42-36-30-24-6)122(119)124(134-66-56-50-44-38-32-26-20-2)120-102-78-92-80-104(112-85(9)69-96(70-86(112)10)130-62-52-46-40-34-28-22-4)118-110(128-18)60-58-108(126-16)116(118)100(92)76-94(102)81-105(121(120)123)113-87(11)71-97(72-88(113)12)131-63-53-47-41-35-29-23-5/h57-60,67-82H,19-56,61-66H2,1-18H3. The Balaban J connectivity index is 1.20. The molecule has 13 rings (SSSR count). The SMILES string of the molecule is CCCCCCCCCOc1c2c(-c3c(C)cc(OCCCCCCCC)cc3C)cc3cc4c(cc(-c5c(C)cc(OCCCCCCCC)cc5C)c5c(OC)ccc(OC)c54)cc3c2c(OCCCCCCCCC)c2c(-c3c(C)cc(OCCCCCCCC)cc3C)cc3cc4c(cc(-c5c(C)cc(OCCCCCCCC)cc5C)c5c(OC)ccc(OC)c54)cc3c12. The minimum Gasteiger partial charge on any atom is -0.496 e. The van der Waals surface area contributed by atoms with Gasteiger partial charge in [-0.05, 0) is 347 Å². The van der Waals surface area contributed by atoms with Gasteiger partial charge >= 0.3 is 0 Å². The summed E-state index contributed by atoms with van der Waals surface area (Å²) in [6, 6.07) is 46.4. The molecule has 0 aliphatic carbocycles. The first-order chi connectivity index (χ1) is 65.5. The number of hydrogen-bond donors (Lipinski definition) is 0. The second-order valence-corrected chi connectivity index (χ2v) is 39.0. The van der Waals surface area contributed by atoms with Gasteiger partial charge in [-0.15, -0.1) is 0 Å². The molecule has 718 valence electrons. The molecular formula is C124H162O10. The fraction of sp³-hybridized carbons (Fsp3) is 0.500. The summed E-state index contributed by atoms with van der Waals surface area (Å²) in [6.07, 6.45) is 44.6. The summed E-state index contributed by atoms with van der Waals surface area (Å²) in [5, 5.41) is 16.6. The van der Waals surface area contributed by atoms with E-state index in [9.17, 15) is 0 Å². The van der Waals surface area contributed by atoms with E-state index in [0.29, 0.717) is 39.6 Å². The van der Waals surface area contributed by atoms with Gasteiger partial charge in [0.25, 0.3) is 0 Å². The van der Waals surface area contributed by atoms with Crippen molar-refractivity contribution in [2.24, 2.45) is 0 Å². The highest BCUT2D eigenvalue weighted by Gasteiger charge is 2.32. The van der Waals surface area contributed by atoms with Crippen LogP contribution in [-0.4, -0.2) is 68.1 Å². The Labute approximate surface area is 805 Å². The molecule has 0 aromatic heterocycles. The van der Waals surface area contributed by atoms with E-state index < -0.39 is 0 Å². The zero-order valence-corrected chi connectivity index (χ0v) is 85.7. The third-order valence-electron chi connectivity index (χ3n) is 28.5. The predicted molar refractivity (Wildman–Crippen MR) is 575 cm³/mol. The maximum absolute atomic E-state index is 8.30. The molecule has 0 saturated heterocycles. The Morgan fingerprint density at radius 1 is 0.179 bits per heavy atom. The summed E-state index contributed by atoms with van der Waals surface area (Å²) in [5.74, 6) is 8.39. The molecule has 0 N–H and O–H groups in total. The number of benzene rings is 13. The molecule has 0 fully saturated rings. The summed E-state index contributed by atoms with van der Waals surface area (Å²) in [6.45, 7) is 35.7. The Morgan fingerprint density at radius 3 is 0.567 bits per heavy atom. The van der Waals surface area contributed by atoms with Crippen LogP contribution in [0.25, 0.3) is 131 Å². The molecule has 0 amide bonds. The summed E-state index contributed by atoms with van der Waals surface area (Å²) in [5.41, 5.74) is 17.9. The van der Waals surface area contributed by atoms with Gasteiger partial charge in [0.15, 0.2) is 0 Å². The lowest BCUT2D eigenvalue weighted by atomic mass is 9.81. The zero-order valence-electron chi connectivity index (χ0n) is 85.7. The molecule has 0 aliphatic heterocycles. The summed E-state index contributed by atoms with van der Waals surface area (Å²) >= 11 is 0. The van der Waals surface area contributed by atoms with Crippen molar-refractivity contribution in [1.82, 2.24) is 0 Å². The van der Waals surface area contributed by atoms with E-state index in [4.69, 9.17) is 47.4 Å². The predicted octanol–water partition coefficient (Wildman–Crippen LogP) is 37.3. The first-order valence-corrected chi connectivity index (χ1v) is 52.7. The van der Waals surface area contributed by atoms with Crippen LogP contribution in [0.15, 0.2) is 121 Å². The first kappa shape index (κ1) is 101. The van der Waals surface area contributed by atoms with Gasteiger partial charge in [-0.1, -0.05) is 247 Å². The second kappa shape index (κ2) is 50.7. The van der Waals surface area contributed by atoms with Crippen LogP contribution in [0, 0.1) is 55.4 Å². The van der Waals surface area contributed by atoms with E-state index in [2.05, 4.69) is 218 Å². The van der Waals surface area contributed by atoms with Gasteiger partial charge in [-0.25, -0.2) is 0 Å². The second-order valence-electron chi connectivity index (χ2n) is 39.0. The number of fused-ring (bicyclic) bond motifs is 12. The lowest BCUT2D eigenvalue weighted by Gasteiger charge is -2.27. The van der Waals surface area contributed by atoms with Crippen LogP contribution >= 0.6 is 0 Å². The Hall–Kier alpha value is -10.1. The Morgan fingerprint density at radius 2 is 0.358 bits per heavy atom. The zero-order chi connectivity index (χ0) is 94.6. The molecule has 0 spiro atoms. The highest BCUT2D eigenvalue weighted by atomic mass is 16.5. The van der Waals surface area contributed by atoms with E-state index in [-0.39, 0.29) is 0 Å². The molecule has 0 heterocycles. The third kappa shape index (κ3) is 24.1. The van der Waals surface area contributed by atoms with Crippen LogP contribution < -0.4 is 47.4 Å². The van der Waals surface area contributed by atoms with Crippen molar-refractivity contribution in [2.45, 2.75) is 341 Å². The first-order valence-electron chi connectivity index (χ1n) is 52.7. The summed E-state index contributed by atoms with van der Waals surface area (Å²) in [7, 11) is 7.24. The molecule has 0 bridgehead atoms. The van der Waals surface area contributed by atoms with Gasteiger partial charge in [0, 0.05) is 43.1 Å². The fourth-order valence-corrected chi connectivity index (χ4v) is 21.7. The number of ether oxygens (including phenoxy) is 10. The average molecular weight is 1810 g/mol. The van der Waals surface area contributed by atoms with E-state index in [0.717, 1.165) is 310 Å². The van der Waals surface area contributed by atoms with Crippen molar-refractivity contribution in [3.63, 3.8) is 0 Å². The monoisotopic (exact) mass is 1810 g/mol. The summed E-state index contributed by atoms with van der Waals surface area (Å²) in [4.78, 5) is 0. The number of hydrogen-bond acceptors (Lipinski definition) is 10. The highest BCUT2D eigenvalue weighted by molar-refractivity contribution is 6.34. The van der Waals surface area contributed by atoms with Gasteiger partial charge in [0.1, 0.15) is 57.5 Å².